The van der Waals surface area contributed by atoms with Crippen LogP contribution in [0.4, 0.5) is 0 Å². The van der Waals surface area contributed by atoms with Gasteiger partial charge < -0.3 is 4.57 Å². The zero-order valence-corrected chi connectivity index (χ0v) is 10.0. The molecule has 0 spiro atoms. The molecule has 0 aliphatic heterocycles. The predicted octanol–water partition coefficient (Wildman–Crippen LogP) is 3.55. The first kappa shape index (κ1) is 10.1. The van der Waals surface area contributed by atoms with Gasteiger partial charge in [-0.15, -0.1) is 0 Å². The van der Waals surface area contributed by atoms with Gasteiger partial charge in [0, 0.05) is 47.7 Å². The fourth-order valence-electron chi connectivity index (χ4n) is 2.26. The van der Waals surface area contributed by atoms with Crippen molar-refractivity contribution < 1.29 is 0 Å². The molecule has 1 aromatic carbocycles. The molecule has 17 heavy (non-hydrogen) atoms. The molecule has 0 radical (unpaired) electrons. The third kappa shape index (κ3) is 1.62. The van der Waals surface area contributed by atoms with E-state index in [0.717, 1.165) is 0 Å². The minimum Gasteiger partial charge on any atom is -0.350 e. The summed E-state index contributed by atoms with van der Waals surface area (Å²) in [7, 11) is 2.08. The van der Waals surface area contributed by atoms with Crippen molar-refractivity contribution >= 4 is 10.9 Å². The number of aromatic nitrogens is 2. The van der Waals surface area contributed by atoms with Gasteiger partial charge >= 0.3 is 0 Å². The van der Waals surface area contributed by atoms with Gasteiger partial charge in [0.15, 0.2) is 0 Å². The Kier molecular flexibility index (Phi) is 2.22. The minimum absolute atomic E-state index is 1.17. The lowest BCUT2D eigenvalue weighted by atomic mass is 10.1. The molecule has 0 N–H and O–H groups in total. The van der Waals surface area contributed by atoms with E-state index in [4.69, 9.17) is 0 Å². The van der Waals surface area contributed by atoms with Crippen LogP contribution in [0.5, 0.6) is 0 Å². The maximum absolute atomic E-state index is 4.19. The highest BCUT2D eigenvalue weighted by atomic mass is 14.9. The van der Waals surface area contributed by atoms with E-state index in [1.807, 2.05) is 12.3 Å². The largest absolute Gasteiger partial charge is 0.350 e. The summed E-state index contributed by atoms with van der Waals surface area (Å²) in [6.07, 6.45) is 5.89. The quantitative estimate of drug-likeness (QED) is 0.615. The van der Waals surface area contributed by atoms with Gasteiger partial charge in [0.05, 0.1) is 0 Å². The second-order valence-electron chi connectivity index (χ2n) is 4.42. The van der Waals surface area contributed by atoms with E-state index in [1.165, 1.54) is 27.6 Å². The molecule has 0 atom stereocenters. The molecular weight excluding hydrogens is 208 g/mol. The van der Waals surface area contributed by atoms with Crippen molar-refractivity contribution in [3.8, 4) is 11.1 Å². The Morgan fingerprint density at radius 3 is 2.82 bits per heavy atom. The second-order valence-corrected chi connectivity index (χ2v) is 4.42. The number of hydrogen-bond donors (Lipinski definition) is 0. The fourth-order valence-corrected chi connectivity index (χ4v) is 2.26. The highest BCUT2D eigenvalue weighted by Gasteiger charge is 2.08. The van der Waals surface area contributed by atoms with E-state index in [-0.39, 0.29) is 0 Å². The molecule has 0 aliphatic rings. The average Bonchev–Trinajstić information content (AvgIpc) is 2.67. The second kappa shape index (κ2) is 3.74. The van der Waals surface area contributed by atoms with Crippen LogP contribution in [0.15, 0.2) is 48.9 Å². The summed E-state index contributed by atoms with van der Waals surface area (Å²) in [5, 5.41) is 1.29. The van der Waals surface area contributed by atoms with Gasteiger partial charge in [-0.2, -0.15) is 0 Å². The monoisotopic (exact) mass is 222 g/mol. The van der Waals surface area contributed by atoms with Crippen LogP contribution in [0.2, 0.25) is 0 Å². The standard InChI is InChI=1S/C15H14N2/c1-11-5-6-15-13(8-11)14(10-17(15)2)12-4-3-7-16-9-12/h3-10H,1-2H3. The third-order valence-corrected chi connectivity index (χ3v) is 3.12. The number of benzene rings is 1. The molecule has 2 aromatic heterocycles. The molecule has 2 nitrogen and oxygen atoms in total. The SMILES string of the molecule is Cc1ccc2c(c1)c(-c1cccnc1)cn2C. The van der Waals surface area contributed by atoms with Gasteiger partial charge in [0.2, 0.25) is 0 Å². The summed E-state index contributed by atoms with van der Waals surface area (Å²) in [5.74, 6) is 0. The Morgan fingerprint density at radius 2 is 2.06 bits per heavy atom. The van der Waals surface area contributed by atoms with Crippen LogP contribution in [0.25, 0.3) is 22.0 Å². The molecule has 0 unspecified atom stereocenters. The van der Waals surface area contributed by atoms with E-state index in [2.05, 4.69) is 54.0 Å². The summed E-state index contributed by atoms with van der Waals surface area (Å²) in [6.45, 7) is 2.12. The van der Waals surface area contributed by atoms with Crippen molar-refractivity contribution in [3.63, 3.8) is 0 Å². The predicted molar refractivity (Wildman–Crippen MR) is 70.9 cm³/mol. The van der Waals surface area contributed by atoms with Gasteiger partial charge in [-0.3, -0.25) is 4.98 Å². The highest BCUT2D eigenvalue weighted by Crippen LogP contribution is 2.30. The van der Waals surface area contributed by atoms with Crippen molar-refractivity contribution in [2.45, 2.75) is 6.92 Å². The Bertz CT molecular complexity index is 666. The number of hydrogen-bond acceptors (Lipinski definition) is 1. The van der Waals surface area contributed by atoms with Crippen LogP contribution >= 0.6 is 0 Å². The van der Waals surface area contributed by atoms with Gasteiger partial charge in [-0.1, -0.05) is 17.7 Å². The van der Waals surface area contributed by atoms with Crippen LogP contribution in [0, 0.1) is 6.92 Å². The first-order valence-electron chi connectivity index (χ1n) is 5.72. The fraction of sp³-hybridized carbons (Fsp3) is 0.133. The molecule has 0 fully saturated rings. The van der Waals surface area contributed by atoms with Crippen molar-refractivity contribution in [1.29, 1.82) is 0 Å². The van der Waals surface area contributed by atoms with Crippen LogP contribution < -0.4 is 0 Å². The number of fused-ring (bicyclic) bond motifs is 1. The summed E-state index contributed by atoms with van der Waals surface area (Å²) < 4.78 is 2.16. The van der Waals surface area contributed by atoms with Crippen LogP contribution in [0.3, 0.4) is 0 Å². The van der Waals surface area contributed by atoms with Gasteiger partial charge in [-0.05, 0) is 25.1 Å². The van der Waals surface area contributed by atoms with Gasteiger partial charge in [0.1, 0.15) is 0 Å². The molecule has 0 bridgehead atoms. The molecule has 3 rings (SSSR count). The lowest BCUT2D eigenvalue weighted by molar-refractivity contribution is 0.970. The number of pyridine rings is 1. The number of rotatable bonds is 1. The van der Waals surface area contributed by atoms with Crippen LogP contribution in [-0.2, 0) is 7.05 Å². The molecular formula is C15H14N2. The van der Waals surface area contributed by atoms with Crippen molar-refractivity contribution in [2.24, 2.45) is 7.05 Å². The number of aryl methyl sites for hydroxylation is 2. The average molecular weight is 222 g/mol. The van der Waals surface area contributed by atoms with Crippen LogP contribution in [0.1, 0.15) is 5.56 Å². The van der Waals surface area contributed by atoms with Gasteiger partial charge in [-0.25, -0.2) is 0 Å². The molecule has 0 aliphatic carbocycles. The molecule has 84 valence electrons. The Labute approximate surface area is 101 Å². The molecule has 0 saturated heterocycles. The van der Waals surface area contributed by atoms with E-state index >= 15 is 0 Å². The zero-order chi connectivity index (χ0) is 11.8. The van der Waals surface area contributed by atoms with Crippen LogP contribution in [-0.4, -0.2) is 9.55 Å². The Morgan fingerprint density at radius 1 is 1.18 bits per heavy atom. The summed E-state index contributed by atoms with van der Waals surface area (Å²) in [6, 6.07) is 10.6. The molecule has 2 heteroatoms. The molecule has 0 amide bonds. The first-order chi connectivity index (χ1) is 8.25. The van der Waals surface area contributed by atoms with Crippen molar-refractivity contribution in [2.75, 3.05) is 0 Å². The van der Waals surface area contributed by atoms with Gasteiger partial charge in [0.25, 0.3) is 0 Å². The zero-order valence-electron chi connectivity index (χ0n) is 10.0. The van der Waals surface area contributed by atoms with Crippen molar-refractivity contribution in [1.82, 2.24) is 9.55 Å². The van der Waals surface area contributed by atoms with Crippen molar-refractivity contribution in [3.05, 3.63) is 54.5 Å². The summed E-state index contributed by atoms with van der Waals surface area (Å²) in [5.41, 5.74) is 4.96. The van der Waals surface area contributed by atoms with E-state index in [1.54, 1.807) is 6.20 Å². The summed E-state index contributed by atoms with van der Waals surface area (Å²) >= 11 is 0. The maximum atomic E-state index is 4.19. The Balaban J connectivity index is 2.34. The number of nitrogens with zero attached hydrogens (tertiary/aromatic N) is 2. The lowest BCUT2D eigenvalue weighted by Crippen LogP contribution is -1.82. The Hall–Kier alpha value is -2.09. The molecule has 3 aromatic rings. The summed E-state index contributed by atoms with van der Waals surface area (Å²) in [4.78, 5) is 4.19. The van der Waals surface area contributed by atoms with E-state index < -0.39 is 0 Å². The molecule has 0 saturated carbocycles. The maximum Gasteiger partial charge on any atom is 0.0484 e. The normalized spacial score (nSPS) is 10.9. The molecule has 2 heterocycles. The van der Waals surface area contributed by atoms with E-state index in [0.29, 0.717) is 0 Å². The van der Waals surface area contributed by atoms with E-state index in [9.17, 15) is 0 Å². The first-order valence-corrected chi connectivity index (χ1v) is 5.72. The minimum atomic E-state index is 1.17. The smallest absolute Gasteiger partial charge is 0.0484 e. The lowest BCUT2D eigenvalue weighted by Gasteiger charge is -1.99. The highest BCUT2D eigenvalue weighted by molar-refractivity contribution is 5.96. The third-order valence-electron chi connectivity index (χ3n) is 3.12. The topological polar surface area (TPSA) is 17.8 Å².